The molecule has 1 rings (SSSR count). The second-order valence-electron chi connectivity index (χ2n) is 2.09. The van der Waals surface area contributed by atoms with Gasteiger partial charge in [-0.15, -0.1) is 10.2 Å². The fourth-order valence-corrected chi connectivity index (χ4v) is 0.760. The zero-order valence-electron chi connectivity index (χ0n) is 6.27. The van der Waals surface area contributed by atoms with Crippen molar-refractivity contribution < 1.29 is 4.79 Å². The van der Waals surface area contributed by atoms with E-state index in [0.29, 0.717) is 17.3 Å². The van der Waals surface area contributed by atoms with E-state index in [0.717, 1.165) is 6.29 Å². The van der Waals surface area contributed by atoms with Gasteiger partial charge in [0.25, 0.3) is 0 Å². The van der Waals surface area contributed by atoms with Crippen molar-refractivity contribution in [3.8, 4) is 0 Å². The van der Waals surface area contributed by atoms with Crippen LogP contribution in [0.1, 0.15) is 12.1 Å². The lowest BCUT2D eigenvalue weighted by Gasteiger charge is -1.89. The van der Waals surface area contributed by atoms with Gasteiger partial charge in [0.1, 0.15) is 6.29 Å². The Morgan fingerprint density at radius 1 is 1.42 bits per heavy atom. The van der Waals surface area contributed by atoms with E-state index in [1.807, 2.05) is 0 Å². The van der Waals surface area contributed by atoms with E-state index in [2.05, 4.69) is 10.2 Å². The van der Waals surface area contributed by atoms with Gasteiger partial charge in [-0.05, 0) is 18.2 Å². The largest absolute Gasteiger partial charge is 0.303 e. The van der Waals surface area contributed by atoms with Crippen LogP contribution in [0.4, 0.5) is 0 Å². The first-order chi connectivity index (χ1) is 5.83. The monoisotopic (exact) mass is 182 g/mol. The van der Waals surface area contributed by atoms with E-state index < -0.39 is 0 Å². The van der Waals surface area contributed by atoms with E-state index >= 15 is 0 Å². The van der Waals surface area contributed by atoms with Crippen molar-refractivity contribution in [1.82, 2.24) is 10.2 Å². The standard InChI is InChI=1S/C8H7ClN2O/c9-8-5-4-7(10-11-8)3-1-2-6-12/h1,3-6H,2H2. The first-order valence-corrected chi connectivity index (χ1v) is 3.80. The van der Waals surface area contributed by atoms with Crippen molar-refractivity contribution in [1.29, 1.82) is 0 Å². The molecule has 0 bridgehead atoms. The number of nitrogens with zero attached hydrogens (tertiary/aromatic N) is 2. The molecule has 0 amide bonds. The average Bonchev–Trinajstić information content (AvgIpc) is 2.09. The first-order valence-electron chi connectivity index (χ1n) is 3.42. The lowest BCUT2D eigenvalue weighted by molar-refractivity contribution is -0.107. The summed E-state index contributed by atoms with van der Waals surface area (Å²) >= 11 is 5.52. The number of allylic oxidation sites excluding steroid dienone is 1. The summed E-state index contributed by atoms with van der Waals surface area (Å²) in [6, 6.07) is 3.38. The summed E-state index contributed by atoms with van der Waals surface area (Å²) in [5.74, 6) is 0. The van der Waals surface area contributed by atoms with Crippen LogP contribution in [0.15, 0.2) is 18.2 Å². The van der Waals surface area contributed by atoms with Crippen LogP contribution in [0.2, 0.25) is 5.15 Å². The molecule has 0 fully saturated rings. The molecule has 4 heteroatoms. The normalized spacial score (nSPS) is 10.4. The Morgan fingerprint density at radius 3 is 2.83 bits per heavy atom. The predicted molar refractivity (Wildman–Crippen MR) is 46.8 cm³/mol. The third kappa shape index (κ3) is 2.80. The molecule has 12 heavy (non-hydrogen) atoms. The van der Waals surface area contributed by atoms with Gasteiger partial charge >= 0.3 is 0 Å². The zero-order chi connectivity index (χ0) is 8.81. The third-order valence-electron chi connectivity index (χ3n) is 1.17. The van der Waals surface area contributed by atoms with Crippen molar-refractivity contribution in [2.45, 2.75) is 6.42 Å². The number of rotatable bonds is 3. The maximum Gasteiger partial charge on any atom is 0.151 e. The Hall–Kier alpha value is -1.22. The molecule has 0 aliphatic rings. The summed E-state index contributed by atoms with van der Waals surface area (Å²) in [4.78, 5) is 9.94. The minimum absolute atomic E-state index is 0.363. The lowest BCUT2D eigenvalue weighted by Crippen LogP contribution is -1.84. The summed E-state index contributed by atoms with van der Waals surface area (Å²) < 4.78 is 0. The van der Waals surface area contributed by atoms with Crippen molar-refractivity contribution in [3.63, 3.8) is 0 Å². The summed E-state index contributed by atoms with van der Waals surface area (Å²) in [7, 11) is 0. The Labute approximate surface area is 75.1 Å². The Balaban J connectivity index is 2.64. The summed E-state index contributed by atoms with van der Waals surface area (Å²) in [6.45, 7) is 0. The number of carbonyl (C=O) groups is 1. The zero-order valence-corrected chi connectivity index (χ0v) is 7.03. The second kappa shape index (κ2) is 4.62. The van der Waals surface area contributed by atoms with Crippen LogP contribution in [0, 0.1) is 0 Å². The molecular formula is C8H7ClN2O. The molecule has 0 saturated carbocycles. The van der Waals surface area contributed by atoms with Gasteiger partial charge in [-0.25, -0.2) is 0 Å². The molecule has 3 nitrogen and oxygen atoms in total. The van der Waals surface area contributed by atoms with Crippen molar-refractivity contribution in [3.05, 3.63) is 29.1 Å². The van der Waals surface area contributed by atoms with Crippen LogP contribution >= 0.6 is 11.6 Å². The van der Waals surface area contributed by atoms with Gasteiger partial charge < -0.3 is 4.79 Å². The summed E-state index contributed by atoms with van der Waals surface area (Å²) in [5, 5.41) is 7.76. The minimum Gasteiger partial charge on any atom is -0.303 e. The lowest BCUT2D eigenvalue weighted by atomic mass is 10.3. The molecule has 0 aliphatic carbocycles. The van der Waals surface area contributed by atoms with E-state index in [-0.39, 0.29) is 0 Å². The van der Waals surface area contributed by atoms with Gasteiger partial charge in [-0.2, -0.15) is 0 Å². The molecule has 0 unspecified atom stereocenters. The quantitative estimate of drug-likeness (QED) is 0.669. The average molecular weight is 183 g/mol. The predicted octanol–water partition coefficient (Wildman–Crippen LogP) is 1.73. The number of hydrogen-bond acceptors (Lipinski definition) is 3. The SMILES string of the molecule is O=CCC=Cc1ccc(Cl)nn1. The Morgan fingerprint density at radius 2 is 2.25 bits per heavy atom. The molecule has 62 valence electrons. The van der Waals surface area contributed by atoms with Gasteiger partial charge in [0.15, 0.2) is 5.15 Å². The molecule has 0 spiro atoms. The molecule has 0 radical (unpaired) electrons. The highest BCUT2D eigenvalue weighted by atomic mass is 35.5. The molecular weight excluding hydrogens is 176 g/mol. The van der Waals surface area contributed by atoms with Crippen LogP contribution in [-0.2, 0) is 4.79 Å². The van der Waals surface area contributed by atoms with E-state index in [1.54, 1.807) is 24.3 Å². The van der Waals surface area contributed by atoms with Gasteiger partial charge in [0, 0.05) is 6.42 Å². The number of hydrogen-bond donors (Lipinski definition) is 0. The number of aromatic nitrogens is 2. The highest BCUT2D eigenvalue weighted by Gasteiger charge is 1.89. The highest BCUT2D eigenvalue weighted by molar-refractivity contribution is 6.29. The van der Waals surface area contributed by atoms with E-state index in [9.17, 15) is 4.79 Å². The molecule has 0 N–H and O–H groups in total. The van der Waals surface area contributed by atoms with E-state index in [1.165, 1.54) is 0 Å². The van der Waals surface area contributed by atoms with Crippen molar-refractivity contribution >= 4 is 24.0 Å². The molecule has 1 aromatic heterocycles. The minimum atomic E-state index is 0.363. The maximum absolute atomic E-state index is 9.94. The van der Waals surface area contributed by atoms with Crippen molar-refractivity contribution in [2.75, 3.05) is 0 Å². The van der Waals surface area contributed by atoms with Crippen LogP contribution < -0.4 is 0 Å². The number of halogens is 1. The van der Waals surface area contributed by atoms with E-state index in [4.69, 9.17) is 11.6 Å². The highest BCUT2D eigenvalue weighted by Crippen LogP contribution is 2.03. The molecule has 1 heterocycles. The third-order valence-corrected chi connectivity index (χ3v) is 1.38. The Bertz CT molecular complexity index is 282. The van der Waals surface area contributed by atoms with Gasteiger partial charge in [0.2, 0.25) is 0 Å². The number of aldehydes is 1. The van der Waals surface area contributed by atoms with Crippen molar-refractivity contribution in [2.24, 2.45) is 0 Å². The van der Waals surface area contributed by atoms with Crippen LogP contribution in [-0.4, -0.2) is 16.5 Å². The molecule has 0 aromatic carbocycles. The molecule has 0 atom stereocenters. The second-order valence-corrected chi connectivity index (χ2v) is 2.47. The molecule has 0 saturated heterocycles. The molecule has 0 aliphatic heterocycles. The fraction of sp³-hybridized carbons (Fsp3) is 0.125. The summed E-state index contributed by atoms with van der Waals surface area (Å²) in [6.07, 6.45) is 4.65. The number of carbonyl (C=O) groups excluding carboxylic acids is 1. The van der Waals surface area contributed by atoms with Gasteiger partial charge in [-0.1, -0.05) is 17.7 Å². The molecule has 1 aromatic rings. The smallest absolute Gasteiger partial charge is 0.151 e. The van der Waals surface area contributed by atoms with Gasteiger partial charge in [-0.3, -0.25) is 0 Å². The first kappa shape index (κ1) is 8.87. The summed E-state index contributed by atoms with van der Waals surface area (Å²) in [5.41, 5.74) is 0.696. The van der Waals surface area contributed by atoms with Crippen LogP contribution in [0.25, 0.3) is 6.08 Å². The maximum atomic E-state index is 9.94. The topological polar surface area (TPSA) is 42.9 Å². The fourth-order valence-electron chi connectivity index (χ4n) is 0.660. The van der Waals surface area contributed by atoms with Crippen LogP contribution in [0.5, 0.6) is 0 Å². The van der Waals surface area contributed by atoms with Crippen LogP contribution in [0.3, 0.4) is 0 Å². The van der Waals surface area contributed by atoms with Gasteiger partial charge in [0.05, 0.1) is 5.69 Å². The Kier molecular flexibility index (Phi) is 3.41.